The van der Waals surface area contributed by atoms with Crippen molar-refractivity contribution in [1.82, 2.24) is 4.98 Å². The fourth-order valence-electron chi connectivity index (χ4n) is 2.69. The third kappa shape index (κ3) is 3.61. The van der Waals surface area contributed by atoms with E-state index in [0.717, 1.165) is 31.9 Å². The lowest BCUT2D eigenvalue weighted by Crippen LogP contribution is -2.36. The lowest BCUT2D eigenvalue weighted by atomic mass is 10.1. The second-order valence-electron chi connectivity index (χ2n) is 5.57. The normalized spacial score (nSPS) is 15.7. The van der Waals surface area contributed by atoms with Crippen LogP contribution in [0, 0.1) is 11.3 Å². The van der Waals surface area contributed by atoms with E-state index in [-0.39, 0.29) is 6.04 Å². The van der Waals surface area contributed by atoms with E-state index in [9.17, 15) is 0 Å². The fourth-order valence-corrected chi connectivity index (χ4v) is 2.69. The molecule has 0 radical (unpaired) electrons. The minimum Gasteiger partial charge on any atom is -0.378 e. The molecule has 1 atom stereocenters. The van der Waals surface area contributed by atoms with Gasteiger partial charge < -0.3 is 15.0 Å². The van der Waals surface area contributed by atoms with E-state index in [0.29, 0.717) is 11.4 Å². The van der Waals surface area contributed by atoms with Crippen molar-refractivity contribution in [2.75, 3.05) is 36.5 Å². The monoisotopic (exact) mass is 308 g/mol. The number of hydrogen-bond donors (Lipinski definition) is 1. The molecular weight excluding hydrogens is 288 g/mol. The number of pyridine rings is 1. The number of nitrogens with zero attached hydrogens (tertiary/aromatic N) is 3. The number of rotatable bonds is 4. The van der Waals surface area contributed by atoms with Crippen LogP contribution in [-0.4, -0.2) is 31.3 Å². The summed E-state index contributed by atoms with van der Waals surface area (Å²) in [4.78, 5) is 6.58. The lowest BCUT2D eigenvalue weighted by molar-refractivity contribution is 0.122. The molecule has 1 saturated heterocycles. The van der Waals surface area contributed by atoms with Crippen LogP contribution in [0.5, 0.6) is 0 Å². The van der Waals surface area contributed by atoms with Crippen LogP contribution in [0.2, 0.25) is 0 Å². The highest BCUT2D eigenvalue weighted by Gasteiger charge is 2.13. The topological polar surface area (TPSA) is 61.2 Å². The van der Waals surface area contributed by atoms with E-state index in [1.165, 1.54) is 5.69 Å². The number of nitrogens with one attached hydrogen (secondary N) is 1. The molecular formula is C18H20N4O. The summed E-state index contributed by atoms with van der Waals surface area (Å²) in [5.74, 6) is 0.625. The van der Waals surface area contributed by atoms with Gasteiger partial charge in [0.2, 0.25) is 0 Å². The molecule has 0 saturated carbocycles. The summed E-state index contributed by atoms with van der Waals surface area (Å²) in [7, 11) is 0. The Morgan fingerprint density at radius 1 is 1.22 bits per heavy atom. The van der Waals surface area contributed by atoms with Crippen molar-refractivity contribution in [2.24, 2.45) is 0 Å². The van der Waals surface area contributed by atoms with Crippen molar-refractivity contribution in [3.05, 3.63) is 53.7 Å². The second kappa shape index (κ2) is 7.12. The molecule has 2 aromatic rings. The van der Waals surface area contributed by atoms with Gasteiger partial charge in [-0.3, -0.25) is 0 Å². The first-order chi connectivity index (χ1) is 11.3. The smallest absolute Gasteiger partial charge is 0.144 e. The quantitative estimate of drug-likeness (QED) is 0.941. The summed E-state index contributed by atoms with van der Waals surface area (Å²) in [6.45, 7) is 5.52. The molecule has 0 bridgehead atoms. The van der Waals surface area contributed by atoms with E-state index >= 15 is 0 Å². The number of aromatic nitrogens is 1. The molecule has 0 unspecified atom stereocenters. The maximum Gasteiger partial charge on any atom is 0.144 e. The Labute approximate surface area is 136 Å². The minimum atomic E-state index is 0.0794. The van der Waals surface area contributed by atoms with Crippen molar-refractivity contribution in [2.45, 2.75) is 13.0 Å². The zero-order chi connectivity index (χ0) is 16.1. The van der Waals surface area contributed by atoms with Crippen LogP contribution >= 0.6 is 0 Å². The van der Waals surface area contributed by atoms with Crippen LogP contribution in [0.1, 0.15) is 24.1 Å². The molecule has 1 aliphatic rings. The van der Waals surface area contributed by atoms with Crippen LogP contribution in [0.3, 0.4) is 0 Å². The average Bonchev–Trinajstić information content (AvgIpc) is 2.63. The summed E-state index contributed by atoms with van der Waals surface area (Å²) in [6, 6.07) is 14.3. The number of hydrogen-bond acceptors (Lipinski definition) is 5. The molecule has 1 fully saturated rings. The zero-order valence-electron chi connectivity index (χ0n) is 13.2. The number of ether oxygens (including phenoxy) is 1. The van der Waals surface area contributed by atoms with Crippen LogP contribution < -0.4 is 10.2 Å². The van der Waals surface area contributed by atoms with Crippen molar-refractivity contribution >= 4 is 11.5 Å². The fraction of sp³-hybridized carbons (Fsp3) is 0.333. The molecule has 2 heterocycles. The van der Waals surface area contributed by atoms with Crippen LogP contribution in [0.4, 0.5) is 11.5 Å². The Hall–Kier alpha value is -2.58. The highest BCUT2D eigenvalue weighted by atomic mass is 16.5. The molecule has 0 amide bonds. The summed E-state index contributed by atoms with van der Waals surface area (Å²) in [6.07, 6.45) is 1.69. The molecule has 5 heteroatoms. The highest BCUT2D eigenvalue weighted by Crippen LogP contribution is 2.23. The number of morpholine rings is 1. The largest absolute Gasteiger partial charge is 0.378 e. The molecule has 1 aromatic heterocycles. The third-order valence-electron chi connectivity index (χ3n) is 4.05. The Morgan fingerprint density at radius 2 is 1.96 bits per heavy atom. The van der Waals surface area contributed by atoms with Crippen LogP contribution in [0.25, 0.3) is 0 Å². The van der Waals surface area contributed by atoms with Gasteiger partial charge in [0.05, 0.1) is 18.8 Å². The molecule has 1 aliphatic heterocycles. The number of anilines is 2. The predicted molar refractivity (Wildman–Crippen MR) is 90.5 cm³/mol. The van der Waals surface area contributed by atoms with Gasteiger partial charge in [0.15, 0.2) is 0 Å². The maximum absolute atomic E-state index is 9.14. The summed E-state index contributed by atoms with van der Waals surface area (Å²) in [5, 5.41) is 12.4. The summed E-state index contributed by atoms with van der Waals surface area (Å²) < 4.78 is 5.39. The van der Waals surface area contributed by atoms with Crippen LogP contribution in [-0.2, 0) is 4.74 Å². The van der Waals surface area contributed by atoms with Gasteiger partial charge in [-0.1, -0.05) is 12.1 Å². The van der Waals surface area contributed by atoms with Gasteiger partial charge in [0, 0.05) is 31.0 Å². The van der Waals surface area contributed by atoms with Crippen LogP contribution in [0.15, 0.2) is 42.6 Å². The van der Waals surface area contributed by atoms with Gasteiger partial charge >= 0.3 is 0 Å². The van der Waals surface area contributed by atoms with Gasteiger partial charge in [0.1, 0.15) is 11.9 Å². The Balaban J connectivity index is 1.70. The maximum atomic E-state index is 9.14. The molecule has 5 nitrogen and oxygen atoms in total. The van der Waals surface area contributed by atoms with E-state index in [4.69, 9.17) is 10.00 Å². The molecule has 1 aromatic carbocycles. The molecule has 118 valence electrons. The van der Waals surface area contributed by atoms with Crippen molar-refractivity contribution in [1.29, 1.82) is 5.26 Å². The third-order valence-corrected chi connectivity index (χ3v) is 4.05. The van der Waals surface area contributed by atoms with E-state index < -0.39 is 0 Å². The second-order valence-corrected chi connectivity index (χ2v) is 5.57. The number of benzene rings is 1. The minimum absolute atomic E-state index is 0.0794. The van der Waals surface area contributed by atoms with E-state index in [1.807, 2.05) is 0 Å². The van der Waals surface area contributed by atoms with E-state index in [1.54, 1.807) is 18.3 Å². The number of nitriles is 1. The first-order valence-corrected chi connectivity index (χ1v) is 7.82. The predicted octanol–water partition coefficient (Wildman–Crippen LogP) is 2.96. The molecule has 1 N–H and O–H groups in total. The van der Waals surface area contributed by atoms with E-state index in [2.05, 4.69) is 52.5 Å². The van der Waals surface area contributed by atoms with Gasteiger partial charge in [-0.25, -0.2) is 4.98 Å². The summed E-state index contributed by atoms with van der Waals surface area (Å²) >= 11 is 0. The lowest BCUT2D eigenvalue weighted by Gasteiger charge is -2.29. The molecule has 3 rings (SSSR count). The zero-order valence-corrected chi connectivity index (χ0v) is 13.2. The van der Waals surface area contributed by atoms with Crippen molar-refractivity contribution in [3.8, 4) is 6.07 Å². The van der Waals surface area contributed by atoms with Gasteiger partial charge in [-0.05, 0) is 36.8 Å². The first kappa shape index (κ1) is 15.3. The average molecular weight is 308 g/mol. The Kier molecular flexibility index (Phi) is 4.74. The van der Waals surface area contributed by atoms with Gasteiger partial charge in [-0.2, -0.15) is 5.26 Å². The SMILES string of the molecule is C[C@@H](Nc1ncccc1C#N)c1ccc(N2CCOCC2)cc1. The van der Waals surface area contributed by atoms with Crippen molar-refractivity contribution in [3.63, 3.8) is 0 Å². The standard InChI is InChI=1S/C18H20N4O/c1-14(21-18-16(13-19)3-2-8-20-18)15-4-6-17(7-5-15)22-9-11-23-12-10-22/h2-8,14H,9-12H2,1H3,(H,20,21)/t14-/m1/s1. The first-order valence-electron chi connectivity index (χ1n) is 7.82. The highest BCUT2D eigenvalue weighted by molar-refractivity contribution is 5.53. The Bertz CT molecular complexity index is 687. The van der Waals surface area contributed by atoms with Gasteiger partial charge in [-0.15, -0.1) is 0 Å². The van der Waals surface area contributed by atoms with Crippen molar-refractivity contribution < 1.29 is 4.74 Å². The molecule has 0 spiro atoms. The van der Waals surface area contributed by atoms with Gasteiger partial charge in [0.25, 0.3) is 0 Å². The Morgan fingerprint density at radius 3 is 2.65 bits per heavy atom. The molecule has 0 aliphatic carbocycles. The summed E-state index contributed by atoms with van der Waals surface area (Å²) in [5.41, 5.74) is 2.95. The molecule has 23 heavy (non-hydrogen) atoms.